The number of rotatable bonds is 4. The third kappa shape index (κ3) is 2.07. The highest BCUT2D eigenvalue weighted by atomic mass is 16.5. The molecule has 0 fully saturated rings. The van der Waals surface area contributed by atoms with Crippen LogP contribution in [0.15, 0.2) is 53.4 Å². The molecule has 0 aliphatic heterocycles. The molecule has 0 aliphatic rings. The molecular formula is C13H12N2O2. The van der Waals surface area contributed by atoms with E-state index in [1.807, 2.05) is 41.0 Å². The number of aromatic nitrogens is 2. The van der Waals surface area contributed by atoms with E-state index in [4.69, 9.17) is 9.15 Å². The summed E-state index contributed by atoms with van der Waals surface area (Å²) in [4.78, 5) is 4.29. The van der Waals surface area contributed by atoms with Crippen LogP contribution < -0.4 is 0 Å². The lowest BCUT2D eigenvalue weighted by Crippen LogP contribution is -2.00. The maximum atomic E-state index is 5.56. The normalized spacial score (nSPS) is 11.1. The summed E-state index contributed by atoms with van der Waals surface area (Å²) in [5, 5.41) is 0. The van der Waals surface area contributed by atoms with Crippen LogP contribution in [0.1, 0.15) is 5.76 Å². The van der Waals surface area contributed by atoms with E-state index < -0.39 is 0 Å². The maximum Gasteiger partial charge on any atom is 0.129 e. The van der Waals surface area contributed by atoms with Crippen LogP contribution in [0.3, 0.4) is 0 Å². The fourth-order valence-corrected chi connectivity index (χ4v) is 1.75. The summed E-state index contributed by atoms with van der Waals surface area (Å²) in [5.74, 6) is 0.828. The van der Waals surface area contributed by atoms with Crippen LogP contribution in [-0.4, -0.2) is 9.55 Å². The Morgan fingerprint density at radius 1 is 1.18 bits per heavy atom. The number of fused-ring (bicyclic) bond motifs is 1. The minimum absolute atomic E-state index is 0.472. The molecule has 0 N–H and O–H groups in total. The predicted octanol–water partition coefficient (Wildman–Crippen LogP) is 2.80. The van der Waals surface area contributed by atoms with Gasteiger partial charge in [0.1, 0.15) is 19.1 Å². The molecule has 2 aromatic heterocycles. The van der Waals surface area contributed by atoms with Gasteiger partial charge in [0.15, 0.2) is 0 Å². The summed E-state index contributed by atoms with van der Waals surface area (Å²) in [6, 6.07) is 11.7. The standard InChI is InChI=1S/C13H12N2O2/c1-2-6-13-12(5-1)14-9-15(13)10-16-8-11-4-3-7-17-11/h1-7,9H,8,10H2. The van der Waals surface area contributed by atoms with Gasteiger partial charge in [-0.3, -0.25) is 0 Å². The van der Waals surface area contributed by atoms with Crippen molar-refractivity contribution in [1.82, 2.24) is 9.55 Å². The summed E-state index contributed by atoms with van der Waals surface area (Å²) in [6.07, 6.45) is 3.43. The summed E-state index contributed by atoms with van der Waals surface area (Å²) in [6.45, 7) is 0.945. The summed E-state index contributed by atoms with van der Waals surface area (Å²) in [5.41, 5.74) is 2.06. The van der Waals surface area contributed by atoms with Crippen molar-refractivity contribution in [3.63, 3.8) is 0 Å². The Kier molecular flexibility index (Phi) is 2.63. The average Bonchev–Trinajstić information content (AvgIpc) is 2.99. The van der Waals surface area contributed by atoms with Crippen LogP contribution in [0.2, 0.25) is 0 Å². The molecule has 0 saturated carbocycles. The van der Waals surface area contributed by atoms with Gasteiger partial charge in [0.2, 0.25) is 0 Å². The van der Waals surface area contributed by atoms with Gasteiger partial charge in [0.25, 0.3) is 0 Å². The first-order valence-electron chi connectivity index (χ1n) is 5.43. The number of hydrogen-bond acceptors (Lipinski definition) is 3. The van der Waals surface area contributed by atoms with Crippen molar-refractivity contribution in [2.45, 2.75) is 13.3 Å². The molecule has 17 heavy (non-hydrogen) atoms. The second-order valence-corrected chi connectivity index (χ2v) is 3.76. The molecule has 86 valence electrons. The van der Waals surface area contributed by atoms with Crippen molar-refractivity contribution in [3.8, 4) is 0 Å². The van der Waals surface area contributed by atoms with Crippen molar-refractivity contribution in [2.75, 3.05) is 0 Å². The van der Waals surface area contributed by atoms with Crippen LogP contribution >= 0.6 is 0 Å². The quantitative estimate of drug-likeness (QED) is 0.689. The van der Waals surface area contributed by atoms with E-state index in [1.54, 1.807) is 12.6 Å². The van der Waals surface area contributed by atoms with Crippen molar-refractivity contribution in [3.05, 3.63) is 54.7 Å². The molecule has 3 aromatic rings. The van der Waals surface area contributed by atoms with Crippen LogP contribution in [-0.2, 0) is 18.1 Å². The molecule has 0 aliphatic carbocycles. The Labute approximate surface area is 98.4 Å². The first kappa shape index (κ1) is 10.1. The number of benzene rings is 1. The van der Waals surface area contributed by atoms with E-state index in [2.05, 4.69) is 4.98 Å². The molecule has 0 radical (unpaired) electrons. The third-order valence-electron chi connectivity index (χ3n) is 2.58. The first-order valence-corrected chi connectivity index (χ1v) is 5.43. The van der Waals surface area contributed by atoms with E-state index in [0.29, 0.717) is 13.3 Å². The number of furan rings is 1. The lowest BCUT2D eigenvalue weighted by atomic mass is 10.3. The number of para-hydroxylation sites is 2. The van der Waals surface area contributed by atoms with Gasteiger partial charge >= 0.3 is 0 Å². The highest BCUT2D eigenvalue weighted by Crippen LogP contribution is 2.12. The summed E-state index contributed by atoms with van der Waals surface area (Å²) >= 11 is 0. The molecular weight excluding hydrogens is 216 g/mol. The number of imidazole rings is 1. The highest BCUT2D eigenvalue weighted by molar-refractivity contribution is 5.74. The van der Waals surface area contributed by atoms with Gasteiger partial charge < -0.3 is 13.7 Å². The molecule has 0 bridgehead atoms. The monoisotopic (exact) mass is 228 g/mol. The predicted molar refractivity (Wildman–Crippen MR) is 63.2 cm³/mol. The Morgan fingerprint density at radius 2 is 2.12 bits per heavy atom. The second-order valence-electron chi connectivity index (χ2n) is 3.76. The third-order valence-corrected chi connectivity index (χ3v) is 2.58. The van der Waals surface area contributed by atoms with Crippen molar-refractivity contribution < 1.29 is 9.15 Å². The number of ether oxygens (including phenoxy) is 1. The Bertz CT molecular complexity index is 599. The van der Waals surface area contributed by atoms with Gasteiger partial charge in [-0.15, -0.1) is 0 Å². The summed E-state index contributed by atoms with van der Waals surface area (Å²) < 4.78 is 12.7. The van der Waals surface area contributed by atoms with E-state index in [0.717, 1.165) is 16.8 Å². The molecule has 4 heteroatoms. The molecule has 0 spiro atoms. The fourth-order valence-electron chi connectivity index (χ4n) is 1.75. The Hall–Kier alpha value is -2.07. The molecule has 1 aromatic carbocycles. The maximum absolute atomic E-state index is 5.56. The van der Waals surface area contributed by atoms with Gasteiger partial charge in [-0.25, -0.2) is 4.98 Å². The molecule has 2 heterocycles. The van der Waals surface area contributed by atoms with E-state index in [1.165, 1.54) is 0 Å². The van der Waals surface area contributed by atoms with Gasteiger partial charge in [-0.1, -0.05) is 12.1 Å². The summed E-state index contributed by atoms with van der Waals surface area (Å²) in [7, 11) is 0. The molecule has 0 atom stereocenters. The Morgan fingerprint density at radius 3 is 3.00 bits per heavy atom. The lowest BCUT2D eigenvalue weighted by Gasteiger charge is -2.04. The highest BCUT2D eigenvalue weighted by Gasteiger charge is 2.01. The zero-order valence-electron chi connectivity index (χ0n) is 9.24. The molecule has 3 rings (SSSR count). The van der Waals surface area contributed by atoms with E-state index in [-0.39, 0.29) is 0 Å². The minimum Gasteiger partial charge on any atom is -0.467 e. The van der Waals surface area contributed by atoms with Crippen molar-refractivity contribution in [2.24, 2.45) is 0 Å². The largest absolute Gasteiger partial charge is 0.467 e. The molecule has 0 saturated heterocycles. The Balaban J connectivity index is 1.69. The lowest BCUT2D eigenvalue weighted by molar-refractivity contribution is 0.0553. The van der Waals surface area contributed by atoms with Gasteiger partial charge in [-0.05, 0) is 24.3 Å². The number of hydrogen-bond donors (Lipinski definition) is 0. The van der Waals surface area contributed by atoms with E-state index in [9.17, 15) is 0 Å². The first-order chi connectivity index (χ1) is 8.43. The zero-order valence-corrected chi connectivity index (χ0v) is 9.24. The zero-order chi connectivity index (χ0) is 11.5. The number of nitrogens with zero attached hydrogens (tertiary/aromatic N) is 2. The van der Waals surface area contributed by atoms with Crippen LogP contribution in [0.4, 0.5) is 0 Å². The average molecular weight is 228 g/mol. The molecule has 0 unspecified atom stereocenters. The van der Waals surface area contributed by atoms with Crippen LogP contribution in [0.5, 0.6) is 0 Å². The van der Waals surface area contributed by atoms with Gasteiger partial charge in [-0.2, -0.15) is 0 Å². The molecule has 0 amide bonds. The SMILES string of the molecule is c1coc(COCn2cnc3ccccc32)c1. The fraction of sp³-hybridized carbons (Fsp3) is 0.154. The van der Waals surface area contributed by atoms with Gasteiger partial charge in [0.05, 0.1) is 23.6 Å². The topological polar surface area (TPSA) is 40.2 Å². The van der Waals surface area contributed by atoms with E-state index >= 15 is 0 Å². The smallest absolute Gasteiger partial charge is 0.129 e. The van der Waals surface area contributed by atoms with Crippen molar-refractivity contribution in [1.29, 1.82) is 0 Å². The molecule has 4 nitrogen and oxygen atoms in total. The second kappa shape index (κ2) is 4.43. The minimum atomic E-state index is 0.472. The van der Waals surface area contributed by atoms with Gasteiger partial charge in [0, 0.05) is 0 Å². The van der Waals surface area contributed by atoms with Crippen LogP contribution in [0, 0.1) is 0 Å². The van der Waals surface area contributed by atoms with Crippen molar-refractivity contribution >= 4 is 11.0 Å². The van der Waals surface area contributed by atoms with Crippen LogP contribution in [0.25, 0.3) is 11.0 Å².